The first-order valence-corrected chi connectivity index (χ1v) is 7.92. The van der Waals surface area contributed by atoms with Gasteiger partial charge in [0.1, 0.15) is 0 Å². The first-order chi connectivity index (χ1) is 10.6. The van der Waals surface area contributed by atoms with E-state index < -0.39 is 0 Å². The van der Waals surface area contributed by atoms with Crippen molar-refractivity contribution in [1.82, 2.24) is 0 Å². The molecule has 23 heavy (non-hydrogen) atoms. The second-order valence-corrected chi connectivity index (χ2v) is 5.94. The summed E-state index contributed by atoms with van der Waals surface area (Å²) in [5.41, 5.74) is 1.31. The molecule has 128 valence electrons. The predicted octanol–water partition coefficient (Wildman–Crippen LogP) is 4.25. The Balaban J connectivity index is 0.000000478. The topological polar surface area (TPSA) is 38.7 Å². The summed E-state index contributed by atoms with van der Waals surface area (Å²) in [6.07, 6.45) is 2.47. The molecule has 0 spiro atoms. The predicted molar refractivity (Wildman–Crippen MR) is 92.5 cm³/mol. The van der Waals surface area contributed by atoms with Crippen LogP contribution in [0.15, 0.2) is 42.5 Å². The Morgan fingerprint density at radius 1 is 1.13 bits per heavy atom. The average Bonchev–Trinajstić information content (AvgIpc) is 2.95. The van der Waals surface area contributed by atoms with Gasteiger partial charge in [-0.15, -0.1) is 0 Å². The Bertz CT molecular complexity index is 578. The fourth-order valence-corrected chi connectivity index (χ4v) is 2.77. The minimum Gasteiger partial charge on any atom is -0.394 e. The summed E-state index contributed by atoms with van der Waals surface area (Å²) in [6.45, 7) is 4.14. The molecule has 0 bridgehead atoms. The first-order valence-electron chi connectivity index (χ1n) is 7.92. The smallest absolute Gasteiger partial charge is 0.0836 e. The van der Waals surface area contributed by atoms with E-state index in [1.54, 1.807) is 21.0 Å². The lowest BCUT2D eigenvalue weighted by Crippen LogP contribution is -2.13. The number of ether oxygens (including phenoxy) is 2. The molecule has 0 unspecified atom stereocenters. The van der Waals surface area contributed by atoms with Gasteiger partial charge in [-0.3, -0.25) is 4.70 Å². The van der Waals surface area contributed by atoms with Crippen molar-refractivity contribution in [2.45, 2.75) is 45.0 Å². The number of rotatable bonds is 3. The Labute approximate surface area is 137 Å². The largest absolute Gasteiger partial charge is 0.394 e. The van der Waals surface area contributed by atoms with Crippen LogP contribution in [0.3, 0.4) is 0 Å². The molecule has 1 saturated heterocycles. The number of aliphatic hydroxyl groups is 1. The van der Waals surface area contributed by atoms with E-state index in [-0.39, 0.29) is 23.0 Å². The third-order valence-electron chi connectivity index (χ3n) is 3.63. The second-order valence-electron chi connectivity index (χ2n) is 5.94. The van der Waals surface area contributed by atoms with Gasteiger partial charge in [-0.2, -0.15) is 0 Å². The molecule has 2 atom stereocenters. The van der Waals surface area contributed by atoms with Crippen LogP contribution in [0.5, 0.6) is 0 Å². The Kier molecular flexibility index (Phi) is 8.17. The van der Waals surface area contributed by atoms with Crippen molar-refractivity contribution in [3.8, 4) is 0 Å². The molecule has 1 N–H and O–H groups in total. The van der Waals surface area contributed by atoms with E-state index in [4.69, 9.17) is 14.6 Å². The van der Waals surface area contributed by atoms with Crippen molar-refractivity contribution >= 4 is 10.8 Å². The molecule has 1 heterocycles. The summed E-state index contributed by atoms with van der Waals surface area (Å²) in [4.78, 5) is 0. The lowest BCUT2D eigenvalue weighted by molar-refractivity contribution is -0.00169. The van der Waals surface area contributed by atoms with E-state index in [1.807, 2.05) is 0 Å². The molecule has 3 rings (SSSR count). The van der Waals surface area contributed by atoms with E-state index in [1.165, 1.54) is 16.3 Å². The number of halogens is 1. The van der Waals surface area contributed by atoms with Crippen LogP contribution in [-0.4, -0.2) is 31.0 Å². The highest BCUT2D eigenvalue weighted by Crippen LogP contribution is 2.36. The molecule has 0 amide bonds. The molecule has 0 radical (unpaired) electrons. The van der Waals surface area contributed by atoms with E-state index >= 15 is 0 Å². The van der Waals surface area contributed by atoms with Gasteiger partial charge < -0.3 is 14.6 Å². The maximum absolute atomic E-state index is 8.06. The number of benzene rings is 2. The molecule has 0 aliphatic carbocycles. The quantitative estimate of drug-likeness (QED) is 0.918. The van der Waals surface area contributed by atoms with Crippen molar-refractivity contribution in [3.05, 3.63) is 48.0 Å². The van der Waals surface area contributed by atoms with Gasteiger partial charge in [-0.05, 0) is 43.0 Å². The number of aliphatic hydroxyl groups excluding tert-OH is 1. The van der Waals surface area contributed by atoms with E-state index in [2.05, 4.69) is 42.5 Å². The zero-order valence-electron chi connectivity index (χ0n) is 14.1. The van der Waals surface area contributed by atoms with Crippen molar-refractivity contribution in [2.75, 3.05) is 13.7 Å². The van der Waals surface area contributed by atoms with Crippen LogP contribution in [-0.2, 0) is 9.47 Å². The Hall–Kier alpha value is -1.49. The van der Waals surface area contributed by atoms with Crippen molar-refractivity contribution in [1.29, 1.82) is 0 Å². The normalized spacial score (nSPS) is 20.0. The minimum absolute atomic E-state index is 0. The molecular formula is C19H27FO3. The highest BCUT2D eigenvalue weighted by molar-refractivity contribution is 5.86. The lowest BCUT2D eigenvalue weighted by atomic mass is 9.99. The monoisotopic (exact) mass is 322 g/mol. The molecule has 1 aliphatic rings. The van der Waals surface area contributed by atoms with Gasteiger partial charge in [0, 0.05) is 13.2 Å². The van der Waals surface area contributed by atoms with E-state index in [0.29, 0.717) is 6.61 Å². The second kappa shape index (κ2) is 9.60. The number of hydrogen-bond acceptors (Lipinski definition) is 3. The van der Waals surface area contributed by atoms with Gasteiger partial charge in [0.2, 0.25) is 0 Å². The van der Waals surface area contributed by atoms with Gasteiger partial charge in [0.15, 0.2) is 0 Å². The van der Waals surface area contributed by atoms with Crippen molar-refractivity contribution in [2.24, 2.45) is 0 Å². The summed E-state index contributed by atoms with van der Waals surface area (Å²) in [6, 6.07) is 15.0. The Morgan fingerprint density at radius 2 is 1.78 bits per heavy atom. The summed E-state index contributed by atoms with van der Waals surface area (Å²) in [5.74, 6) is 0. The molecule has 0 saturated carbocycles. The zero-order chi connectivity index (χ0) is 15.9. The van der Waals surface area contributed by atoms with E-state index in [0.717, 1.165) is 12.8 Å². The maximum Gasteiger partial charge on any atom is 0.0836 e. The third kappa shape index (κ3) is 5.57. The van der Waals surface area contributed by atoms with Crippen LogP contribution < -0.4 is 0 Å². The molecule has 2 aromatic carbocycles. The highest BCUT2D eigenvalue weighted by atomic mass is 19.0. The van der Waals surface area contributed by atoms with Gasteiger partial charge >= 0.3 is 0 Å². The molecule has 2 aromatic rings. The highest BCUT2D eigenvalue weighted by Gasteiger charge is 2.27. The summed E-state index contributed by atoms with van der Waals surface area (Å²) in [5, 5.41) is 10.6. The van der Waals surface area contributed by atoms with Crippen LogP contribution in [0.2, 0.25) is 0 Å². The van der Waals surface area contributed by atoms with Crippen molar-refractivity contribution in [3.63, 3.8) is 0 Å². The fraction of sp³-hybridized carbons (Fsp3) is 0.474. The summed E-state index contributed by atoms with van der Waals surface area (Å²) < 4.78 is 11.2. The Morgan fingerprint density at radius 3 is 2.48 bits per heavy atom. The molecule has 0 aromatic heterocycles. The fourth-order valence-electron chi connectivity index (χ4n) is 2.77. The van der Waals surface area contributed by atoms with Crippen LogP contribution in [0, 0.1) is 0 Å². The molecular weight excluding hydrogens is 295 g/mol. The molecule has 1 aliphatic heterocycles. The number of fused-ring (bicyclic) bond motifs is 1. The number of methoxy groups -OCH3 is 1. The first kappa shape index (κ1) is 19.6. The minimum atomic E-state index is -0.167. The zero-order valence-corrected chi connectivity index (χ0v) is 14.1. The van der Waals surface area contributed by atoms with Crippen LogP contribution in [0.1, 0.15) is 38.4 Å². The van der Waals surface area contributed by atoms with Crippen LogP contribution >= 0.6 is 0 Å². The lowest BCUT2D eigenvalue weighted by Gasteiger charge is -2.15. The summed E-state index contributed by atoms with van der Waals surface area (Å²) in [7, 11) is 1.73. The van der Waals surface area contributed by atoms with Gasteiger partial charge in [0.25, 0.3) is 0 Å². The molecule has 1 fully saturated rings. The van der Waals surface area contributed by atoms with Gasteiger partial charge in [-0.25, -0.2) is 0 Å². The third-order valence-corrected chi connectivity index (χ3v) is 3.63. The molecule has 4 heteroatoms. The van der Waals surface area contributed by atoms with Crippen LogP contribution in [0.4, 0.5) is 4.70 Å². The number of hydrogen-bond donors (Lipinski definition) is 1. The van der Waals surface area contributed by atoms with Gasteiger partial charge in [-0.1, -0.05) is 42.5 Å². The average molecular weight is 322 g/mol. The SMILES string of the molecule is CC(C)O.COC[C@@H]1CC[C@H](c2cccc3ccccc23)O1.F. The maximum atomic E-state index is 8.06. The van der Waals surface area contributed by atoms with E-state index in [9.17, 15) is 0 Å². The summed E-state index contributed by atoms with van der Waals surface area (Å²) >= 11 is 0. The van der Waals surface area contributed by atoms with Crippen LogP contribution in [0.25, 0.3) is 10.8 Å². The standard InChI is InChI=1S/C16H18O2.C3H8O.FH/c1-17-11-13-9-10-16(18-13)15-8-4-6-12-5-2-3-7-14(12)15;1-3(2)4;/h2-8,13,16H,9-11H2,1H3;3-4H,1-2H3;1H/t13-,16+;;/m0../s1. The molecule has 3 nitrogen and oxygen atoms in total. The van der Waals surface area contributed by atoms with Gasteiger partial charge in [0.05, 0.1) is 18.8 Å². The van der Waals surface area contributed by atoms with Crippen molar-refractivity contribution < 1.29 is 19.3 Å².